The molecule has 2 heterocycles. The van der Waals surface area contributed by atoms with E-state index in [1.165, 1.54) is 10.6 Å². The predicted molar refractivity (Wildman–Crippen MR) is 79.3 cm³/mol. The average molecular weight is 298 g/mol. The van der Waals surface area contributed by atoms with Crippen LogP contribution in [0.2, 0.25) is 0 Å². The SMILES string of the molecule is Cc1cc(N2CCCC(N(C)S(C)(=O)=O)C2)nnc1C. The summed E-state index contributed by atoms with van der Waals surface area (Å²) in [6.07, 6.45) is 3.10. The van der Waals surface area contributed by atoms with Crippen LogP contribution in [0.4, 0.5) is 5.82 Å². The highest BCUT2D eigenvalue weighted by atomic mass is 32.2. The number of piperidine rings is 1. The summed E-state index contributed by atoms with van der Waals surface area (Å²) < 4.78 is 24.8. The van der Waals surface area contributed by atoms with Crippen LogP contribution in [0.3, 0.4) is 0 Å². The first-order valence-electron chi connectivity index (χ1n) is 6.78. The Morgan fingerprint density at radius 3 is 2.65 bits per heavy atom. The van der Waals surface area contributed by atoms with Crippen molar-refractivity contribution in [1.82, 2.24) is 14.5 Å². The van der Waals surface area contributed by atoms with Crippen LogP contribution in [0, 0.1) is 13.8 Å². The van der Waals surface area contributed by atoms with Crippen molar-refractivity contribution >= 4 is 15.8 Å². The Labute approximate surface area is 120 Å². The summed E-state index contributed by atoms with van der Waals surface area (Å²) >= 11 is 0. The molecule has 1 aromatic rings. The lowest BCUT2D eigenvalue weighted by molar-refractivity contribution is 0.321. The van der Waals surface area contributed by atoms with Gasteiger partial charge in [-0.2, -0.15) is 5.10 Å². The van der Waals surface area contributed by atoms with Gasteiger partial charge in [0.1, 0.15) is 0 Å². The maximum absolute atomic E-state index is 11.7. The van der Waals surface area contributed by atoms with E-state index in [4.69, 9.17) is 0 Å². The van der Waals surface area contributed by atoms with E-state index in [9.17, 15) is 8.42 Å². The molecular formula is C13H22N4O2S. The second-order valence-corrected chi connectivity index (χ2v) is 7.53. The van der Waals surface area contributed by atoms with Crippen LogP contribution in [-0.2, 0) is 10.0 Å². The molecule has 7 heteroatoms. The molecule has 6 nitrogen and oxygen atoms in total. The van der Waals surface area contributed by atoms with Crippen molar-refractivity contribution in [3.8, 4) is 0 Å². The molecule has 1 aliphatic rings. The van der Waals surface area contributed by atoms with Crippen molar-refractivity contribution in [3.63, 3.8) is 0 Å². The zero-order chi connectivity index (χ0) is 14.9. The van der Waals surface area contributed by atoms with Gasteiger partial charge in [0.2, 0.25) is 10.0 Å². The fraction of sp³-hybridized carbons (Fsp3) is 0.692. The van der Waals surface area contributed by atoms with E-state index in [0.717, 1.165) is 36.5 Å². The van der Waals surface area contributed by atoms with E-state index in [1.807, 2.05) is 19.9 Å². The number of hydrogen-bond donors (Lipinski definition) is 0. The second kappa shape index (κ2) is 5.65. The third kappa shape index (κ3) is 3.27. The molecule has 0 radical (unpaired) electrons. The Kier molecular flexibility index (Phi) is 4.29. The Morgan fingerprint density at radius 1 is 1.35 bits per heavy atom. The molecule has 0 amide bonds. The fourth-order valence-corrected chi connectivity index (χ4v) is 3.13. The van der Waals surface area contributed by atoms with E-state index in [1.54, 1.807) is 7.05 Å². The van der Waals surface area contributed by atoms with E-state index in [2.05, 4.69) is 15.1 Å². The summed E-state index contributed by atoms with van der Waals surface area (Å²) in [6, 6.07) is 2.02. The van der Waals surface area contributed by atoms with Gasteiger partial charge in [-0.1, -0.05) is 0 Å². The Hall–Kier alpha value is -1.21. The van der Waals surface area contributed by atoms with Crippen molar-refractivity contribution in [1.29, 1.82) is 0 Å². The van der Waals surface area contributed by atoms with Crippen molar-refractivity contribution in [2.24, 2.45) is 0 Å². The number of aromatic nitrogens is 2. The zero-order valence-corrected chi connectivity index (χ0v) is 13.3. The van der Waals surface area contributed by atoms with Gasteiger partial charge in [0, 0.05) is 26.2 Å². The number of nitrogens with zero attached hydrogens (tertiary/aromatic N) is 4. The molecule has 0 bridgehead atoms. The minimum Gasteiger partial charge on any atom is -0.354 e. The molecule has 0 aromatic carbocycles. The summed E-state index contributed by atoms with van der Waals surface area (Å²) in [7, 11) is -1.50. The van der Waals surface area contributed by atoms with Gasteiger partial charge in [-0.3, -0.25) is 0 Å². The first-order chi connectivity index (χ1) is 9.29. The highest BCUT2D eigenvalue weighted by molar-refractivity contribution is 7.88. The van der Waals surface area contributed by atoms with Crippen LogP contribution in [-0.4, -0.2) is 55.4 Å². The summed E-state index contributed by atoms with van der Waals surface area (Å²) in [4.78, 5) is 2.12. The molecule has 1 atom stereocenters. The molecular weight excluding hydrogens is 276 g/mol. The summed E-state index contributed by atoms with van der Waals surface area (Å²) in [5.41, 5.74) is 2.03. The summed E-state index contributed by atoms with van der Waals surface area (Å²) in [5.74, 6) is 0.833. The standard InChI is InChI=1S/C13H22N4O2S/c1-10-8-13(15-14-11(10)2)17-7-5-6-12(9-17)16(3)20(4,18)19/h8,12H,5-7,9H2,1-4H3. The number of anilines is 1. The minimum atomic E-state index is -3.15. The molecule has 112 valence electrons. The predicted octanol–water partition coefficient (Wildman–Crippen LogP) is 0.954. The number of likely N-dealkylation sites (N-methyl/N-ethyl adjacent to an activating group) is 1. The molecule has 0 aliphatic carbocycles. The zero-order valence-electron chi connectivity index (χ0n) is 12.5. The van der Waals surface area contributed by atoms with Crippen LogP contribution < -0.4 is 4.90 Å². The number of aryl methyl sites for hydroxylation is 2. The van der Waals surface area contributed by atoms with Crippen molar-refractivity contribution in [3.05, 3.63) is 17.3 Å². The highest BCUT2D eigenvalue weighted by Gasteiger charge is 2.28. The maximum atomic E-state index is 11.7. The van der Waals surface area contributed by atoms with Gasteiger partial charge in [0.15, 0.2) is 5.82 Å². The molecule has 1 unspecified atom stereocenters. The fourth-order valence-electron chi connectivity index (χ4n) is 2.42. The lowest BCUT2D eigenvalue weighted by Crippen LogP contribution is -2.48. The van der Waals surface area contributed by atoms with Crippen LogP contribution in [0.5, 0.6) is 0 Å². The van der Waals surface area contributed by atoms with Crippen LogP contribution in [0.15, 0.2) is 6.07 Å². The van der Waals surface area contributed by atoms with E-state index < -0.39 is 10.0 Å². The van der Waals surface area contributed by atoms with Gasteiger partial charge in [0.25, 0.3) is 0 Å². The minimum absolute atomic E-state index is 0.00200. The highest BCUT2D eigenvalue weighted by Crippen LogP contribution is 2.22. The second-order valence-electron chi connectivity index (χ2n) is 5.49. The molecule has 1 saturated heterocycles. The monoisotopic (exact) mass is 298 g/mol. The molecule has 1 aromatic heterocycles. The van der Waals surface area contributed by atoms with E-state index in [-0.39, 0.29) is 6.04 Å². The Balaban J connectivity index is 2.16. The smallest absolute Gasteiger partial charge is 0.211 e. The average Bonchev–Trinajstić information content (AvgIpc) is 2.40. The van der Waals surface area contributed by atoms with Gasteiger partial charge in [-0.05, 0) is 38.3 Å². The van der Waals surface area contributed by atoms with Crippen LogP contribution in [0.25, 0.3) is 0 Å². The number of hydrogen-bond acceptors (Lipinski definition) is 5. The Morgan fingerprint density at radius 2 is 2.05 bits per heavy atom. The molecule has 0 spiro atoms. The van der Waals surface area contributed by atoms with Gasteiger partial charge < -0.3 is 4.90 Å². The Bertz CT molecular complexity index is 588. The largest absolute Gasteiger partial charge is 0.354 e. The molecule has 1 aliphatic heterocycles. The maximum Gasteiger partial charge on any atom is 0.211 e. The molecule has 2 rings (SSSR count). The van der Waals surface area contributed by atoms with E-state index >= 15 is 0 Å². The lowest BCUT2D eigenvalue weighted by Gasteiger charge is -2.37. The third-order valence-electron chi connectivity index (χ3n) is 3.98. The third-order valence-corrected chi connectivity index (χ3v) is 5.32. The molecule has 0 saturated carbocycles. The van der Waals surface area contributed by atoms with Crippen molar-refractivity contribution < 1.29 is 8.42 Å². The summed E-state index contributed by atoms with van der Waals surface area (Å²) in [5, 5.41) is 8.38. The molecule has 0 N–H and O–H groups in total. The quantitative estimate of drug-likeness (QED) is 0.831. The van der Waals surface area contributed by atoms with Gasteiger partial charge in [0.05, 0.1) is 11.9 Å². The van der Waals surface area contributed by atoms with E-state index in [0.29, 0.717) is 6.54 Å². The van der Waals surface area contributed by atoms with Crippen LogP contribution in [0.1, 0.15) is 24.1 Å². The van der Waals surface area contributed by atoms with Gasteiger partial charge in [-0.25, -0.2) is 12.7 Å². The van der Waals surface area contributed by atoms with Crippen LogP contribution >= 0.6 is 0 Å². The molecule has 20 heavy (non-hydrogen) atoms. The number of sulfonamides is 1. The van der Waals surface area contributed by atoms with Gasteiger partial charge in [-0.15, -0.1) is 5.10 Å². The lowest BCUT2D eigenvalue weighted by atomic mass is 10.1. The van der Waals surface area contributed by atoms with Gasteiger partial charge >= 0.3 is 0 Å². The van der Waals surface area contributed by atoms with Crippen molar-refractivity contribution in [2.75, 3.05) is 31.3 Å². The normalized spacial score (nSPS) is 20.4. The summed E-state index contributed by atoms with van der Waals surface area (Å²) in [6.45, 7) is 5.51. The first-order valence-corrected chi connectivity index (χ1v) is 8.63. The molecule has 1 fully saturated rings. The van der Waals surface area contributed by atoms with Crippen molar-refractivity contribution in [2.45, 2.75) is 32.7 Å². The first kappa shape index (κ1) is 15.2. The topological polar surface area (TPSA) is 66.4 Å². The number of rotatable bonds is 3.